The number of benzene rings is 2. The molecule has 0 saturated carbocycles. The van der Waals surface area contributed by atoms with Gasteiger partial charge in [-0.3, -0.25) is 4.79 Å². The maximum absolute atomic E-state index is 15.1. The molecule has 2 fully saturated rings. The average molecular weight is 661 g/mol. The van der Waals surface area contributed by atoms with E-state index < -0.39 is 27.5 Å². The van der Waals surface area contributed by atoms with Gasteiger partial charge in [0.25, 0.3) is 15.9 Å². The highest BCUT2D eigenvalue weighted by Crippen LogP contribution is 2.50. The number of carbonyl (C=O) groups excluding carboxylic acids is 2. The molecule has 2 saturated heterocycles. The first-order valence-corrected chi connectivity index (χ1v) is 16.7. The maximum atomic E-state index is 15.1. The summed E-state index contributed by atoms with van der Waals surface area (Å²) in [6, 6.07) is 13.0. The first-order chi connectivity index (χ1) is 22.5. The summed E-state index contributed by atoms with van der Waals surface area (Å²) < 4.78 is 46.2. The van der Waals surface area contributed by atoms with E-state index in [2.05, 4.69) is 28.3 Å². The Morgan fingerprint density at radius 2 is 1.81 bits per heavy atom. The van der Waals surface area contributed by atoms with E-state index in [9.17, 15) is 18.5 Å². The van der Waals surface area contributed by atoms with Crippen LogP contribution in [0.5, 0.6) is 17.4 Å². The summed E-state index contributed by atoms with van der Waals surface area (Å²) in [4.78, 5) is 37.2. The minimum atomic E-state index is -4.68. The summed E-state index contributed by atoms with van der Waals surface area (Å²) >= 11 is 0. The van der Waals surface area contributed by atoms with Gasteiger partial charge in [0.2, 0.25) is 5.88 Å². The molecule has 0 bridgehead atoms. The van der Waals surface area contributed by atoms with Crippen LogP contribution < -0.4 is 23.8 Å². The number of carbonyl (C=O) groups is 2. The summed E-state index contributed by atoms with van der Waals surface area (Å²) in [7, 11) is 0.140. The van der Waals surface area contributed by atoms with E-state index in [1.807, 2.05) is 0 Å². The number of urea groups is 1. The van der Waals surface area contributed by atoms with Gasteiger partial charge in [-0.1, -0.05) is 0 Å². The van der Waals surface area contributed by atoms with Gasteiger partial charge in [-0.2, -0.15) is 9.57 Å². The van der Waals surface area contributed by atoms with Gasteiger partial charge in [-0.15, -0.1) is 0 Å². The van der Waals surface area contributed by atoms with Crippen molar-refractivity contribution in [1.82, 2.24) is 20.1 Å². The fourth-order valence-corrected chi connectivity index (χ4v) is 8.32. The Kier molecular flexibility index (Phi) is 8.23. The largest absolute Gasteiger partial charge is 0.497 e. The Morgan fingerprint density at radius 3 is 2.47 bits per heavy atom. The van der Waals surface area contributed by atoms with Crippen LogP contribution in [0.25, 0.3) is 0 Å². The number of nitrogens with one attached hydrogen (secondary N) is 1. The van der Waals surface area contributed by atoms with Crippen molar-refractivity contribution in [2.24, 2.45) is 5.41 Å². The van der Waals surface area contributed by atoms with Crippen molar-refractivity contribution in [1.29, 1.82) is 5.26 Å². The van der Waals surface area contributed by atoms with Crippen LogP contribution in [-0.2, 0) is 20.4 Å². The Bertz CT molecular complexity index is 1880. The molecule has 1 spiro atoms. The quantitative estimate of drug-likeness (QED) is 0.381. The van der Waals surface area contributed by atoms with Gasteiger partial charge in [-0.25, -0.2) is 18.2 Å². The van der Waals surface area contributed by atoms with Crippen LogP contribution in [0, 0.1) is 16.7 Å². The fourth-order valence-electron chi connectivity index (χ4n) is 6.72. The number of ether oxygens (including phenoxy) is 3. The molecule has 14 heteroatoms. The number of anilines is 1. The zero-order valence-electron chi connectivity index (χ0n) is 26.6. The molecule has 246 valence electrons. The van der Waals surface area contributed by atoms with E-state index in [1.165, 1.54) is 56.8 Å². The third kappa shape index (κ3) is 5.19. The molecule has 1 N–H and O–H groups in total. The van der Waals surface area contributed by atoms with Crippen LogP contribution in [0.3, 0.4) is 0 Å². The van der Waals surface area contributed by atoms with Crippen LogP contribution in [0.15, 0.2) is 59.6 Å². The Balaban J connectivity index is 1.51. The molecule has 0 radical (unpaired) electrons. The van der Waals surface area contributed by atoms with Crippen molar-refractivity contribution in [3.05, 3.63) is 71.4 Å². The predicted octanol–water partition coefficient (Wildman–Crippen LogP) is 3.09. The number of nitriles is 1. The Hall–Kier alpha value is -4.87. The molecule has 1 aromatic heterocycles. The summed E-state index contributed by atoms with van der Waals surface area (Å²) in [6.07, 6.45) is 3.36. The second-order valence-electron chi connectivity index (χ2n) is 12.1. The van der Waals surface area contributed by atoms with Gasteiger partial charge >= 0.3 is 6.03 Å². The number of hydrogen-bond acceptors (Lipinski definition) is 10. The average Bonchev–Trinajstić information content (AvgIpc) is 3.31. The molecule has 4 heterocycles. The van der Waals surface area contributed by atoms with Gasteiger partial charge in [0, 0.05) is 36.3 Å². The van der Waals surface area contributed by atoms with Gasteiger partial charge < -0.3 is 29.3 Å². The van der Waals surface area contributed by atoms with E-state index >= 15 is 4.79 Å². The zero-order valence-corrected chi connectivity index (χ0v) is 27.5. The molecule has 3 aromatic rings. The number of methoxy groups -OCH3 is 2. The monoisotopic (exact) mass is 660 g/mol. The smallest absolute Gasteiger partial charge is 0.318 e. The number of sulfonamides is 1. The summed E-state index contributed by atoms with van der Waals surface area (Å²) in [6.45, 7) is 4.78. The van der Waals surface area contributed by atoms with Crippen molar-refractivity contribution < 1.29 is 32.2 Å². The van der Waals surface area contributed by atoms with Crippen molar-refractivity contribution >= 4 is 27.6 Å². The van der Waals surface area contributed by atoms with Crippen molar-refractivity contribution in [2.75, 3.05) is 58.4 Å². The summed E-state index contributed by atoms with van der Waals surface area (Å²) in [5, 5.41) is 12.8. The van der Waals surface area contributed by atoms with E-state index in [0.29, 0.717) is 23.1 Å². The second-order valence-corrected chi connectivity index (χ2v) is 13.8. The molecule has 0 unspecified atom stereocenters. The van der Waals surface area contributed by atoms with Crippen LogP contribution in [-0.4, -0.2) is 89.2 Å². The lowest BCUT2D eigenvalue weighted by Gasteiger charge is -2.54. The van der Waals surface area contributed by atoms with Gasteiger partial charge in [0.1, 0.15) is 16.4 Å². The first kappa shape index (κ1) is 32.1. The third-order valence-electron chi connectivity index (χ3n) is 9.28. The molecule has 3 amide bonds. The molecule has 2 aromatic carbocycles. The van der Waals surface area contributed by atoms with E-state index in [0.717, 1.165) is 25.9 Å². The second kappa shape index (κ2) is 12.1. The van der Waals surface area contributed by atoms with Crippen molar-refractivity contribution in [3.63, 3.8) is 0 Å². The maximum Gasteiger partial charge on any atom is 0.318 e. The standard InChI is InChI=1S/C33H36N6O7S/c1-5-46-29-24(7-6-14-35-29)33(36-31(41)38-20-32(21-38)12-15-37(2)16-13-32)25-17-22(19-34)8-10-26(25)39(30(33)40)47(42,43)28-11-9-23(44-3)18-27(28)45-4/h6-11,14,17-18H,5,12-13,15-16,20-21H2,1-4H3,(H,36,41)/t33-/m0/s1. The highest BCUT2D eigenvalue weighted by molar-refractivity contribution is 7.93. The highest BCUT2D eigenvalue weighted by Gasteiger charge is 2.60. The van der Waals surface area contributed by atoms with Crippen molar-refractivity contribution in [2.45, 2.75) is 30.2 Å². The number of fused-ring (bicyclic) bond motifs is 1. The SMILES string of the molecule is CCOc1ncccc1[C@@]1(NC(=O)N2CC3(CCN(C)CC3)C2)C(=O)N(S(=O)(=O)c2ccc(OC)cc2OC)c2ccc(C#N)cc21. The predicted molar refractivity (Wildman–Crippen MR) is 171 cm³/mol. The minimum Gasteiger partial charge on any atom is -0.497 e. The van der Waals surface area contributed by atoms with Crippen LogP contribution in [0.1, 0.15) is 36.5 Å². The fraction of sp³-hybridized carbons (Fsp3) is 0.394. The number of nitrogens with zero attached hydrogens (tertiary/aromatic N) is 5. The number of rotatable bonds is 8. The molecule has 47 heavy (non-hydrogen) atoms. The summed E-state index contributed by atoms with van der Waals surface area (Å²) in [5.74, 6) is -0.650. The topological polar surface area (TPSA) is 154 Å². The number of likely N-dealkylation sites (tertiary alicyclic amines) is 2. The molecule has 3 aliphatic rings. The minimum absolute atomic E-state index is 0.00629. The number of amides is 3. The van der Waals surface area contributed by atoms with E-state index in [4.69, 9.17) is 14.2 Å². The van der Waals surface area contributed by atoms with Gasteiger partial charge in [0.15, 0.2) is 5.54 Å². The Labute approximate surface area is 273 Å². The molecule has 13 nitrogen and oxygen atoms in total. The van der Waals surface area contributed by atoms with E-state index in [-0.39, 0.29) is 50.9 Å². The number of piperidine rings is 1. The summed E-state index contributed by atoms with van der Waals surface area (Å²) in [5.41, 5.74) is -1.78. The van der Waals surface area contributed by atoms with E-state index in [1.54, 1.807) is 24.0 Å². The Morgan fingerprint density at radius 1 is 1.06 bits per heavy atom. The first-order valence-electron chi connectivity index (χ1n) is 15.2. The number of aromatic nitrogens is 1. The highest BCUT2D eigenvalue weighted by atomic mass is 32.2. The molecule has 0 aliphatic carbocycles. The lowest BCUT2D eigenvalue weighted by Crippen LogP contribution is -2.66. The molecular formula is C33H36N6O7S. The molecule has 1 atom stereocenters. The normalized spacial score (nSPS) is 20.3. The number of pyridine rings is 1. The number of hydrogen-bond donors (Lipinski definition) is 1. The van der Waals surface area contributed by atoms with Crippen LogP contribution in [0.4, 0.5) is 10.5 Å². The molecule has 6 rings (SSSR count). The van der Waals surface area contributed by atoms with Crippen LogP contribution in [0.2, 0.25) is 0 Å². The zero-order chi connectivity index (χ0) is 33.6. The van der Waals surface area contributed by atoms with Gasteiger partial charge in [-0.05, 0) is 82.4 Å². The molecule has 3 aliphatic heterocycles. The van der Waals surface area contributed by atoms with Crippen LogP contribution >= 0.6 is 0 Å². The van der Waals surface area contributed by atoms with Gasteiger partial charge in [0.05, 0.1) is 43.7 Å². The lowest BCUT2D eigenvalue weighted by molar-refractivity contribution is -0.121. The molecular weight excluding hydrogens is 624 g/mol. The van der Waals surface area contributed by atoms with Crippen molar-refractivity contribution in [3.8, 4) is 23.4 Å². The third-order valence-corrected chi connectivity index (χ3v) is 11.0. The lowest BCUT2D eigenvalue weighted by atomic mass is 9.72.